The summed E-state index contributed by atoms with van der Waals surface area (Å²) in [5.41, 5.74) is 4.05. The van der Waals surface area contributed by atoms with Crippen molar-refractivity contribution in [2.24, 2.45) is 23.7 Å². The van der Waals surface area contributed by atoms with Crippen molar-refractivity contribution in [1.29, 1.82) is 0 Å². The van der Waals surface area contributed by atoms with Gasteiger partial charge in [-0.2, -0.15) is 0 Å². The summed E-state index contributed by atoms with van der Waals surface area (Å²) in [7, 11) is 3.00. The highest BCUT2D eigenvalue weighted by Gasteiger charge is 2.67. The Morgan fingerprint density at radius 3 is 2.71 bits per heavy atom. The summed E-state index contributed by atoms with van der Waals surface area (Å²) in [5, 5.41) is 9.81. The van der Waals surface area contributed by atoms with Crippen LogP contribution in [0.2, 0.25) is 0 Å². The Morgan fingerprint density at radius 1 is 1.18 bits per heavy atom. The zero-order chi connectivity index (χ0) is 19.6. The van der Waals surface area contributed by atoms with Gasteiger partial charge in [0.05, 0.1) is 20.1 Å². The predicted octanol–water partition coefficient (Wildman–Crippen LogP) is 2.56. The van der Waals surface area contributed by atoms with Crippen LogP contribution in [0.15, 0.2) is 53.8 Å². The van der Waals surface area contributed by atoms with Gasteiger partial charge in [-0.15, -0.1) is 0 Å². The molecule has 4 aliphatic rings. The maximum absolute atomic E-state index is 12.9. The van der Waals surface area contributed by atoms with Crippen LogP contribution in [0.3, 0.4) is 0 Å². The molecule has 0 aromatic heterocycles. The quantitative estimate of drug-likeness (QED) is 0.814. The molecule has 1 aromatic carbocycles. The number of nitrogens with zero attached hydrogens (tertiary/aromatic N) is 1. The van der Waals surface area contributed by atoms with Crippen molar-refractivity contribution < 1.29 is 24.2 Å². The minimum absolute atomic E-state index is 0.0106. The highest BCUT2D eigenvalue weighted by molar-refractivity contribution is 5.89. The van der Waals surface area contributed by atoms with Gasteiger partial charge >= 0.3 is 11.9 Å². The molecule has 1 saturated carbocycles. The zero-order valence-corrected chi connectivity index (χ0v) is 15.7. The third kappa shape index (κ3) is 2.14. The van der Waals surface area contributed by atoms with Gasteiger partial charge in [0.1, 0.15) is 11.8 Å². The van der Waals surface area contributed by atoms with Crippen molar-refractivity contribution in [3.8, 4) is 5.75 Å². The van der Waals surface area contributed by atoms with E-state index in [0.29, 0.717) is 6.42 Å². The number of methoxy groups -OCH3 is 2. The number of allylic oxidation sites excluding steroid dienone is 6. The van der Waals surface area contributed by atoms with Gasteiger partial charge in [-0.3, -0.25) is 4.79 Å². The Bertz CT molecular complexity index is 975. The van der Waals surface area contributed by atoms with Crippen LogP contribution in [0, 0.1) is 23.7 Å². The smallest absolute Gasteiger partial charge is 0.329 e. The minimum atomic E-state index is -0.847. The number of ether oxygens (including phenoxy) is 2. The van der Waals surface area contributed by atoms with E-state index in [1.165, 1.54) is 7.11 Å². The number of hydrogen-bond donors (Lipinski definition) is 1. The van der Waals surface area contributed by atoms with Crippen LogP contribution >= 0.6 is 0 Å². The van der Waals surface area contributed by atoms with Crippen molar-refractivity contribution in [2.45, 2.75) is 12.5 Å². The van der Waals surface area contributed by atoms with Gasteiger partial charge in [-0.25, -0.2) is 4.79 Å². The second kappa shape index (κ2) is 5.99. The zero-order valence-electron chi connectivity index (χ0n) is 15.7. The first-order valence-corrected chi connectivity index (χ1v) is 9.42. The number of esters is 1. The molecule has 1 N–H and O–H groups in total. The molecule has 2 aliphatic carbocycles. The van der Waals surface area contributed by atoms with Crippen LogP contribution in [0.1, 0.15) is 5.56 Å². The molecule has 2 aliphatic heterocycles. The molecule has 144 valence electrons. The normalized spacial score (nSPS) is 31.4. The van der Waals surface area contributed by atoms with Crippen molar-refractivity contribution in [3.63, 3.8) is 0 Å². The molecule has 28 heavy (non-hydrogen) atoms. The fourth-order valence-electron chi connectivity index (χ4n) is 5.40. The fourth-order valence-corrected chi connectivity index (χ4v) is 5.40. The molecule has 5 unspecified atom stereocenters. The highest BCUT2D eigenvalue weighted by atomic mass is 16.5. The van der Waals surface area contributed by atoms with E-state index in [2.05, 4.69) is 12.2 Å². The van der Waals surface area contributed by atoms with E-state index >= 15 is 0 Å². The largest absolute Gasteiger partial charge is 0.496 e. The molecule has 0 spiro atoms. The molecule has 5 atom stereocenters. The monoisotopic (exact) mass is 379 g/mol. The van der Waals surface area contributed by atoms with Crippen LogP contribution in [-0.4, -0.2) is 37.3 Å². The molecule has 6 heteroatoms. The lowest BCUT2D eigenvalue weighted by Gasteiger charge is -2.30. The van der Waals surface area contributed by atoms with Gasteiger partial charge in [-0.05, 0) is 23.6 Å². The molecule has 2 heterocycles. The van der Waals surface area contributed by atoms with Gasteiger partial charge in [0.2, 0.25) is 0 Å². The van der Waals surface area contributed by atoms with E-state index < -0.39 is 17.9 Å². The molecule has 1 aromatic rings. The van der Waals surface area contributed by atoms with Crippen LogP contribution < -0.4 is 9.64 Å². The van der Waals surface area contributed by atoms with Crippen LogP contribution in [-0.2, 0) is 20.7 Å². The third-order valence-electron chi connectivity index (χ3n) is 6.54. The molecule has 6 nitrogen and oxygen atoms in total. The highest BCUT2D eigenvalue weighted by Crippen LogP contribution is 2.62. The number of hydrogen-bond acceptors (Lipinski definition) is 5. The topological polar surface area (TPSA) is 76.1 Å². The molecule has 0 radical (unpaired) electrons. The molecule has 0 saturated heterocycles. The number of carboxylic acids is 1. The van der Waals surface area contributed by atoms with Crippen LogP contribution in [0.5, 0.6) is 5.75 Å². The van der Waals surface area contributed by atoms with Gasteiger partial charge in [0.25, 0.3) is 0 Å². The number of anilines is 1. The standard InChI is InChI=1S/C22H21NO5/c1-27-16-9-5-8-14-13(16)10-15-11-6-3-4-7-12(11)17-18(19(17)21(24)25)20(23(14)15)22(26)28-2/h3-9,12,17-20H,10H2,1-2H3,(H,24,25). The average Bonchev–Trinajstić information content (AvgIpc) is 3.35. The first-order chi connectivity index (χ1) is 13.6. The van der Waals surface area contributed by atoms with Crippen molar-refractivity contribution in [3.05, 3.63) is 59.3 Å². The molecule has 1 fully saturated rings. The number of carbonyl (C=O) groups is 2. The molecule has 0 amide bonds. The first kappa shape index (κ1) is 17.1. The summed E-state index contributed by atoms with van der Waals surface area (Å²) in [5.74, 6) is -1.43. The number of fused-ring (bicyclic) bond motifs is 6. The van der Waals surface area contributed by atoms with Gasteiger partial charge in [0, 0.05) is 35.2 Å². The van der Waals surface area contributed by atoms with E-state index in [4.69, 9.17) is 9.47 Å². The van der Waals surface area contributed by atoms with Gasteiger partial charge in [0.15, 0.2) is 0 Å². The van der Waals surface area contributed by atoms with Crippen LogP contribution in [0.25, 0.3) is 0 Å². The second-order valence-corrected chi connectivity index (χ2v) is 7.66. The SMILES string of the molecule is COC(=O)C1C2C(C(=O)O)C2C2C=CC=CC2=C2Cc3c(OC)cccc3N21. The van der Waals surface area contributed by atoms with E-state index in [0.717, 1.165) is 28.3 Å². The van der Waals surface area contributed by atoms with Gasteiger partial charge < -0.3 is 19.5 Å². The Morgan fingerprint density at radius 2 is 2.00 bits per heavy atom. The van der Waals surface area contributed by atoms with Crippen LogP contribution in [0.4, 0.5) is 5.69 Å². The predicted molar refractivity (Wildman–Crippen MR) is 102 cm³/mol. The molecular weight excluding hydrogens is 358 g/mol. The first-order valence-electron chi connectivity index (χ1n) is 9.42. The number of carboxylic acid groups (broad SMARTS) is 1. The Kier molecular flexibility index (Phi) is 3.66. The number of carbonyl (C=O) groups excluding carboxylic acids is 1. The lowest BCUT2D eigenvalue weighted by molar-refractivity contribution is -0.143. The summed E-state index contributed by atoms with van der Waals surface area (Å²) >= 11 is 0. The van der Waals surface area contributed by atoms with E-state index in [1.807, 2.05) is 35.3 Å². The maximum Gasteiger partial charge on any atom is 0.329 e. The number of rotatable bonds is 3. The summed E-state index contributed by atoms with van der Waals surface area (Å²) in [4.78, 5) is 26.9. The molecule has 5 rings (SSSR count). The fraction of sp³-hybridized carbons (Fsp3) is 0.364. The number of aliphatic carboxylic acids is 1. The minimum Gasteiger partial charge on any atom is -0.496 e. The maximum atomic E-state index is 12.9. The summed E-state index contributed by atoms with van der Waals surface area (Å²) in [6.07, 6.45) is 8.71. The van der Waals surface area contributed by atoms with E-state index in [1.54, 1.807) is 7.11 Å². The number of benzene rings is 1. The third-order valence-corrected chi connectivity index (χ3v) is 6.54. The van der Waals surface area contributed by atoms with Crippen molar-refractivity contribution in [1.82, 2.24) is 0 Å². The van der Waals surface area contributed by atoms with Crippen molar-refractivity contribution >= 4 is 17.6 Å². The Labute approximate surface area is 162 Å². The Balaban J connectivity index is 1.75. The molecular formula is C22H21NO5. The summed E-state index contributed by atoms with van der Waals surface area (Å²) in [6, 6.07) is 5.13. The lowest BCUT2D eigenvalue weighted by atomic mass is 9.87. The average molecular weight is 379 g/mol. The van der Waals surface area contributed by atoms with E-state index in [9.17, 15) is 14.7 Å². The second-order valence-electron chi connectivity index (χ2n) is 7.66. The lowest BCUT2D eigenvalue weighted by Crippen LogP contribution is -2.42. The molecule has 0 bridgehead atoms. The summed E-state index contributed by atoms with van der Waals surface area (Å²) in [6.45, 7) is 0. The van der Waals surface area contributed by atoms with Crippen molar-refractivity contribution in [2.75, 3.05) is 19.1 Å². The summed E-state index contributed by atoms with van der Waals surface area (Å²) < 4.78 is 10.7. The van der Waals surface area contributed by atoms with E-state index in [-0.39, 0.29) is 23.7 Å². The van der Waals surface area contributed by atoms with Gasteiger partial charge in [-0.1, -0.05) is 30.4 Å². The Hall–Kier alpha value is -3.02.